The first kappa shape index (κ1) is 31.8. The van der Waals surface area contributed by atoms with E-state index in [1.807, 2.05) is 0 Å². The molecule has 0 amide bonds. The van der Waals surface area contributed by atoms with Gasteiger partial charge in [0, 0.05) is 0 Å². The fourth-order valence-electron chi connectivity index (χ4n) is 4.48. The molecule has 5 aromatic carbocycles. The Morgan fingerprint density at radius 2 is 1.31 bits per heavy atom. The zero-order valence-electron chi connectivity index (χ0n) is 20.8. The summed E-state index contributed by atoms with van der Waals surface area (Å²) in [4.78, 5) is 0. The third-order valence-corrected chi connectivity index (χ3v) is 8.90. The molecule has 0 aliphatic heterocycles. The van der Waals surface area contributed by atoms with Gasteiger partial charge in [0.2, 0.25) is 0 Å². The van der Waals surface area contributed by atoms with Crippen LogP contribution in [0.25, 0.3) is 32.7 Å². The summed E-state index contributed by atoms with van der Waals surface area (Å²) < 4.78 is 0. The minimum Gasteiger partial charge on any atom is -1.00 e. The molecule has 0 unspecified atom stereocenters. The molecule has 0 saturated carbocycles. The van der Waals surface area contributed by atoms with Crippen LogP contribution in [0.2, 0.25) is 0 Å². The number of aryl methyl sites for hydroxylation is 1. The van der Waals surface area contributed by atoms with E-state index in [9.17, 15) is 0 Å². The van der Waals surface area contributed by atoms with E-state index in [2.05, 4.69) is 118 Å². The van der Waals surface area contributed by atoms with Crippen molar-refractivity contribution in [1.82, 2.24) is 0 Å². The topological polar surface area (TPSA) is 0 Å². The van der Waals surface area contributed by atoms with E-state index in [-0.39, 0.29) is 58.6 Å². The monoisotopic (exact) mass is 686 g/mol. The van der Waals surface area contributed by atoms with Gasteiger partial charge in [0.25, 0.3) is 0 Å². The van der Waals surface area contributed by atoms with Crippen molar-refractivity contribution in [1.29, 1.82) is 0 Å². The van der Waals surface area contributed by atoms with Gasteiger partial charge in [-0.05, 0) is 17.9 Å². The fourth-order valence-corrected chi connectivity index (χ4v) is 6.94. The van der Waals surface area contributed by atoms with Crippen molar-refractivity contribution in [3.63, 3.8) is 0 Å². The van der Waals surface area contributed by atoms with Gasteiger partial charge >= 0.3 is 25.8 Å². The van der Waals surface area contributed by atoms with Crippen LogP contribution in [0.1, 0.15) is 32.3 Å². The van der Waals surface area contributed by atoms with Crippen molar-refractivity contribution < 1.29 is 50.7 Å². The van der Waals surface area contributed by atoms with Crippen LogP contribution in [-0.2, 0) is 25.8 Å². The maximum Gasteiger partial charge on any atom is 4.00 e. The van der Waals surface area contributed by atoms with Gasteiger partial charge in [-0.25, -0.2) is 0 Å². The van der Waals surface area contributed by atoms with Gasteiger partial charge in [-0.1, -0.05) is 89.6 Å². The average molecular weight is 686 g/mol. The van der Waals surface area contributed by atoms with Gasteiger partial charge in [-0.15, -0.1) is 74.9 Å². The van der Waals surface area contributed by atoms with Crippen LogP contribution in [-0.4, -0.2) is 12.3 Å². The van der Waals surface area contributed by atoms with Crippen LogP contribution in [0.4, 0.5) is 0 Å². The van der Waals surface area contributed by atoms with Crippen LogP contribution >= 0.6 is 7.92 Å². The predicted octanol–water partition coefficient (Wildman–Crippen LogP) is 3.03. The largest absolute Gasteiger partial charge is 4.00 e. The molecule has 35 heavy (non-hydrogen) atoms. The number of halogens is 2. The summed E-state index contributed by atoms with van der Waals surface area (Å²) in [6.07, 6.45) is 5.40. The summed E-state index contributed by atoms with van der Waals surface area (Å²) in [6, 6.07) is 35.1. The third-order valence-electron chi connectivity index (χ3n) is 5.93. The molecule has 0 saturated heterocycles. The first-order valence-electron chi connectivity index (χ1n) is 11.8. The van der Waals surface area contributed by atoms with E-state index in [4.69, 9.17) is 0 Å². The standard InChI is InChI=1S/C16H13.C15H20P.2ClH.Hf/c1-12-10-14-8-5-9-15(16(14)11-12)13-6-3-2-4-7-13;1-3-9-16(10-4-2)15-11-13-7-5-6-8-14(13)12-15;;;/h2-11H,1H3;5-8,11-12H,3-4,9-10H2,1-2H3;2*1H;/q2*-1;;;+4/p-2. The summed E-state index contributed by atoms with van der Waals surface area (Å²) in [5.41, 5.74) is 3.95. The molecule has 0 atom stereocenters. The minimum absolute atomic E-state index is 0. The number of hydrogen-bond donors (Lipinski definition) is 0. The Labute approximate surface area is 243 Å². The number of fused-ring (bicyclic) bond motifs is 2. The molecule has 0 spiro atoms. The van der Waals surface area contributed by atoms with Gasteiger partial charge in [-0.2, -0.15) is 12.1 Å². The van der Waals surface area contributed by atoms with Gasteiger partial charge < -0.3 is 24.8 Å². The van der Waals surface area contributed by atoms with Gasteiger partial charge in [0.15, 0.2) is 0 Å². The second-order valence-electron chi connectivity index (χ2n) is 8.54. The van der Waals surface area contributed by atoms with E-state index in [0.29, 0.717) is 0 Å². The summed E-state index contributed by atoms with van der Waals surface area (Å²) in [7, 11) is 0.0972. The Hall–Kier alpha value is -1.24. The van der Waals surface area contributed by atoms with E-state index in [0.717, 1.165) is 0 Å². The first-order valence-corrected chi connectivity index (χ1v) is 13.5. The summed E-state index contributed by atoms with van der Waals surface area (Å²) in [5.74, 6) is 0. The maximum absolute atomic E-state index is 2.41. The first-order chi connectivity index (χ1) is 15.7. The molecule has 4 heteroatoms. The Kier molecular flexibility index (Phi) is 14.3. The summed E-state index contributed by atoms with van der Waals surface area (Å²) in [5, 5.41) is 7.12. The Morgan fingerprint density at radius 3 is 1.97 bits per heavy atom. The second kappa shape index (κ2) is 15.8. The smallest absolute Gasteiger partial charge is 1.00 e. The molecule has 5 rings (SSSR count). The van der Waals surface area contributed by atoms with Crippen molar-refractivity contribution in [3.8, 4) is 11.1 Å². The predicted molar refractivity (Wildman–Crippen MR) is 146 cm³/mol. The van der Waals surface area contributed by atoms with E-state index in [1.165, 1.54) is 63.4 Å². The van der Waals surface area contributed by atoms with Crippen LogP contribution in [0.15, 0.2) is 97.1 Å². The van der Waals surface area contributed by atoms with E-state index in [1.54, 1.807) is 5.30 Å². The van der Waals surface area contributed by atoms with Crippen LogP contribution in [0.3, 0.4) is 0 Å². The van der Waals surface area contributed by atoms with Gasteiger partial charge in [0.05, 0.1) is 0 Å². The molecular formula is C31H33Cl2HfP. The normalized spacial score (nSPS) is 10.2. The van der Waals surface area contributed by atoms with Crippen molar-refractivity contribution in [3.05, 3.63) is 103 Å². The summed E-state index contributed by atoms with van der Waals surface area (Å²) >= 11 is 0. The van der Waals surface area contributed by atoms with Crippen LogP contribution in [0.5, 0.6) is 0 Å². The van der Waals surface area contributed by atoms with E-state index >= 15 is 0 Å². The molecule has 0 nitrogen and oxygen atoms in total. The number of hydrogen-bond acceptors (Lipinski definition) is 0. The molecule has 0 N–H and O–H groups in total. The Bertz CT molecular complexity index is 1230. The van der Waals surface area contributed by atoms with Crippen LogP contribution < -0.4 is 30.1 Å². The number of rotatable bonds is 6. The van der Waals surface area contributed by atoms with Crippen LogP contribution in [0, 0.1) is 6.92 Å². The third kappa shape index (κ3) is 8.13. The molecule has 180 valence electrons. The quantitative estimate of drug-likeness (QED) is 0.147. The van der Waals surface area contributed by atoms with Crippen molar-refractivity contribution in [2.24, 2.45) is 0 Å². The Morgan fingerprint density at radius 1 is 0.686 bits per heavy atom. The number of benzene rings is 3. The van der Waals surface area contributed by atoms with E-state index < -0.39 is 0 Å². The van der Waals surface area contributed by atoms with Crippen molar-refractivity contribution in [2.45, 2.75) is 33.6 Å². The van der Waals surface area contributed by atoms with Gasteiger partial charge in [0.1, 0.15) is 0 Å². The molecule has 0 radical (unpaired) electrons. The van der Waals surface area contributed by atoms with Crippen molar-refractivity contribution in [2.75, 3.05) is 12.3 Å². The summed E-state index contributed by atoms with van der Waals surface area (Å²) in [6.45, 7) is 6.75. The minimum atomic E-state index is 0. The molecule has 0 fully saturated rings. The maximum atomic E-state index is 2.41. The zero-order valence-corrected chi connectivity index (χ0v) is 26.8. The van der Waals surface area contributed by atoms with Crippen molar-refractivity contribution >= 4 is 34.8 Å². The fraction of sp³-hybridized carbons (Fsp3) is 0.226. The molecule has 0 aromatic heterocycles. The van der Waals surface area contributed by atoms with Gasteiger partial charge in [-0.3, -0.25) is 0 Å². The molecule has 0 bridgehead atoms. The molecule has 0 aliphatic rings. The second-order valence-corrected chi connectivity index (χ2v) is 11.0. The Balaban J connectivity index is 0.000000322. The SMILES string of the molecule is CCCP(CCC)c1cc2ccccc2[cH-]1.Cc1cc2c(-c3ccccc3)cccc2[cH-]1.[Cl-].[Cl-].[Hf+4]. The molecular weight excluding hydrogens is 653 g/mol. The zero-order chi connectivity index (χ0) is 22.3. The molecule has 0 aliphatic carbocycles. The molecule has 5 aromatic rings. The average Bonchev–Trinajstić information content (AvgIpc) is 3.42. The molecule has 0 heterocycles.